The molecule has 4 unspecified atom stereocenters. The van der Waals surface area contributed by atoms with Crippen LogP contribution in [0.25, 0.3) is 0 Å². The van der Waals surface area contributed by atoms with Gasteiger partial charge in [-0.25, -0.2) is 14.4 Å². The first-order valence-corrected chi connectivity index (χ1v) is 19.4. The van der Waals surface area contributed by atoms with Gasteiger partial charge in [-0.15, -0.1) is 0 Å². The van der Waals surface area contributed by atoms with E-state index in [1.165, 1.54) is 27.4 Å². The maximum Gasteiger partial charge on any atom is 0.314 e. The average Bonchev–Trinajstić information content (AvgIpc) is 3.19. The summed E-state index contributed by atoms with van der Waals surface area (Å²) in [6.45, 7) is 7.51. The number of nitrogens with zero attached hydrogens (tertiary/aromatic N) is 4. The molecule has 0 amide bonds. The zero-order chi connectivity index (χ0) is 42.5. The standard InChI is InChI=1S/C42H57FN8O7/c1-8-10-29(16-17-52)48-37-32(24(4)47-41(44)50-37)19-26-13-15-28(21-34(26)56-5)36(40(55)58-7)35(39(54)57-6)27-14-12-25(33(43)20-27)18-31-23(3)46-42(45)51-38(31)49-30(22-53)11-9-2/h12-15,20-21,29-30,35-36,52-53H,8-11,16-19,22H2,1-7H3,(H3,44,47,48,50)(H3,45,46,49,51). The fourth-order valence-corrected chi connectivity index (χ4v) is 7.20. The number of carbonyl (C=O) groups excluding carboxylic acids is 2. The molecule has 0 radical (unpaired) electrons. The highest BCUT2D eigenvalue weighted by Crippen LogP contribution is 2.39. The summed E-state index contributed by atoms with van der Waals surface area (Å²) in [5, 5.41) is 26.2. The monoisotopic (exact) mass is 804 g/mol. The highest BCUT2D eigenvalue weighted by atomic mass is 19.1. The lowest BCUT2D eigenvalue weighted by molar-refractivity contribution is -0.150. The molecular weight excluding hydrogens is 748 g/mol. The van der Waals surface area contributed by atoms with Crippen LogP contribution in [0.1, 0.15) is 103 Å². The first-order valence-electron chi connectivity index (χ1n) is 19.4. The maximum absolute atomic E-state index is 16.2. The van der Waals surface area contributed by atoms with Crippen LogP contribution in [0.15, 0.2) is 36.4 Å². The highest BCUT2D eigenvalue weighted by Gasteiger charge is 2.39. The van der Waals surface area contributed by atoms with E-state index in [4.69, 9.17) is 25.7 Å². The molecule has 16 heteroatoms. The molecule has 58 heavy (non-hydrogen) atoms. The Balaban J connectivity index is 1.74. The van der Waals surface area contributed by atoms with Gasteiger partial charge < -0.3 is 46.5 Å². The van der Waals surface area contributed by atoms with Gasteiger partial charge in [0.1, 0.15) is 23.2 Å². The lowest BCUT2D eigenvalue weighted by Crippen LogP contribution is -2.29. The number of hydrogen-bond donors (Lipinski definition) is 6. The Kier molecular flexibility index (Phi) is 16.5. The second kappa shape index (κ2) is 21.2. The molecule has 0 saturated heterocycles. The molecule has 4 rings (SSSR count). The Morgan fingerprint density at radius 2 is 1.21 bits per heavy atom. The summed E-state index contributed by atoms with van der Waals surface area (Å²) in [5.74, 6) is -3.22. The number of ether oxygens (including phenoxy) is 3. The number of nitrogens with one attached hydrogen (secondary N) is 2. The van der Waals surface area contributed by atoms with Crippen molar-refractivity contribution in [3.8, 4) is 5.75 Å². The number of anilines is 4. The zero-order valence-corrected chi connectivity index (χ0v) is 34.4. The first kappa shape index (κ1) is 45.1. The summed E-state index contributed by atoms with van der Waals surface area (Å²) in [4.78, 5) is 44.8. The molecule has 8 N–H and O–H groups in total. The minimum Gasteiger partial charge on any atom is -0.496 e. The SMILES string of the molecule is CCCC(CO)Nc1nc(N)nc(C)c1Cc1ccc(C(C(=O)OC)C(C(=O)OC)c2ccc(Cc3c(C)nc(N)nc3NC(CCC)CCO)c(OC)c2)cc1F. The number of aryl methyl sites for hydroxylation is 2. The van der Waals surface area contributed by atoms with Crippen molar-refractivity contribution in [2.75, 3.05) is 56.6 Å². The molecule has 0 spiro atoms. The predicted molar refractivity (Wildman–Crippen MR) is 220 cm³/mol. The Morgan fingerprint density at radius 1 is 0.724 bits per heavy atom. The molecule has 15 nitrogen and oxygen atoms in total. The number of esters is 2. The van der Waals surface area contributed by atoms with Crippen LogP contribution in [0, 0.1) is 19.7 Å². The van der Waals surface area contributed by atoms with Crippen molar-refractivity contribution in [2.45, 2.75) is 96.6 Å². The number of methoxy groups -OCH3 is 3. The number of aliphatic hydroxyl groups excluding tert-OH is 2. The smallest absolute Gasteiger partial charge is 0.314 e. The van der Waals surface area contributed by atoms with Crippen LogP contribution in [0.5, 0.6) is 5.75 Å². The van der Waals surface area contributed by atoms with Crippen molar-refractivity contribution in [2.24, 2.45) is 0 Å². The van der Waals surface area contributed by atoms with Crippen LogP contribution in [0.4, 0.5) is 27.9 Å². The van der Waals surface area contributed by atoms with Crippen molar-refractivity contribution in [3.05, 3.63) is 87.0 Å². The zero-order valence-electron chi connectivity index (χ0n) is 34.4. The molecule has 4 aromatic rings. The Labute approximate surface area is 339 Å². The van der Waals surface area contributed by atoms with E-state index in [1.807, 2.05) is 13.8 Å². The quantitative estimate of drug-likeness (QED) is 0.0600. The van der Waals surface area contributed by atoms with Gasteiger partial charge in [-0.3, -0.25) is 9.59 Å². The number of aliphatic hydroxyl groups is 2. The number of halogens is 1. The average molecular weight is 805 g/mol. The lowest BCUT2D eigenvalue weighted by atomic mass is 9.80. The van der Waals surface area contributed by atoms with Gasteiger partial charge in [0.05, 0.1) is 45.8 Å². The molecule has 2 aromatic carbocycles. The van der Waals surface area contributed by atoms with Gasteiger partial charge in [-0.05, 0) is 67.5 Å². The van der Waals surface area contributed by atoms with Crippen LogP contribution in [0.2, 0.25) is 0 Å². The molecule has 0 aliphatic heterocycles. The summed E-state index contributed by atoms with van der Waals surface area (Å²) in [5.41, 5.74) is 16.1. The van der Waals surface area contributed by atoms with Crippen molar-refractivity contribution < 1.29 is 38.4 Å². The minimum atomic E-state index is -1.31. The number of hydrogen-bond acceptors (Lipinski definition) is 15. The predicted octanol–water partition coefficient (Wildman–Crippen LogP) is 5.13. The summed E-state index contributed by atoms with van der Waals surface area (Å²) in [6, 6.07) is 9.14. The van der Waals surface area contributed by atoms with Gasteiger partial charge in [0.15, 0.2) is 0 Å². The Hall–Kier alpha value is -5.61. The van der Waals surface area contributed by atoms with E-state index >= 15 is 4.39 Å². The molecule has 2 aromatic heterocycles. The Bertz CT molecular complexity index is 2030. The molecule has 0 aliphatic rings. The summed E-state index contributed by atoms with van der Waals surface area (Å²) in [6.07, 6.45) is 4.12. The fourth-order valence-electron chi connectivity index (χ4n) is 7.20. The highest BCUT2D eigenvalue weighted by molar-refractivity contribution is 5.90. The Morgan fingerprint density at radius 3 is 1.67 bits per heavy atom. The third-order valence-electron chi connectivity index (χ3n) is 10.2. The number of rotatable bonds is 21. The number of carbonyl (C=O) groups is 2. The van der Waals surface area contributed by atoms with E-state index < -0.39 is 29.6 Å². The van der Waals surface area contributed by atoms with Gasteiger partial charge in [-0.2, -0.15) is 9.97 Å². The fraction of sp³-hybridized carbons (Fsp3) is 0.476. The summed E-state index contributed by atoms with van der Waals surface area (Å²) >= 11 is 0. The van der Waals surface area contributed by atoms with Crippen LogP contribution in [-0.2, 0) is 31.9 Å². The number of aromatic nitrogens is 4. The van der Waals surface area contributed by atoms with Gasteiger partial charge >= 0.3 is 11.9 Å². The third-order valence-corrected chi connectivity index (χ3v) is 10.2. The molecule has 4 atom stereocenters. The largest absolute Gasteiger partial charge is 0.496 e. The molecule has 2 heterocycles. The van der Waals surface area contributed by atoms with E-state index in [-0.39, 0.29) is 54.7 Å². The van der Waals surface area contributed by atoms with Gasteiger partial charge in [0.25, 0.3) is 0 Å². The summed E-state index contributed by atoms with van der Waals surface area (Å²) in [7, 11) is 3.90. The van der Waals surface area contributed by atoms with Crippen molar-refractivity contribution >= 4 is 35.5 Å². The second-order valence-corrected chi connectivity index (χ2v) is 14.2. The number of nitrogen functional groups attached to an aromatic ring is 2. The van der Waals surface area contributed by atoms with Gasteiger partial charge in [0, 0.05) is 48.0 Å². The normalized spacial score (nSPS) is 13.3. The molecule has 0 aliphatic carbocycles. The number of benzene rings is 2. The number of nitrogens with two attached hydrogens (primary N) is 2. The second-order valence-electron chi connectivity index (χ2n) is 14.2. The molecule has 0 fully saturated rings. The van der Waals surface area contributed by atoms with Crippen LogP contribution < -0.4 is 26.8 Å². The molecule has 0 saturated carbocycles. The first-order chi connectivity index (χ1) is 27.8. The van der Waals surface area contributed by atoms with Crippen molar-refractivity contribution in [1.29, 1.82) is 0 Å². The van der Waals surface area contributed by atoms with Crippen molar-refractivity contribution in [1.82, 2.24) is 19.9 Å². The summed E-state index contributed by atoms with van der Waals surface area (Å²) < 4.78 is 32.4. The van der Waals surface area contributed by atoms with Crippen LogP contribution in [-0.4, -0.2) is 88.7 Å². The lowest BCUT2D eigenvalue weighted by Gasteiger charge is -2.25. The van der Waals surface area contributed by atoms with Crippen LogP contribution >= 0.6 is 0 Å². The maximum atomic E-state index is 16.2. The van der Waals surface area contributed by atoms with E-state index in [2.05, 4.69) is 37.5 Å². The topological polar surface area (TPSA) is 230 Å². The van der Waals surface area contributed by atoms with E-state index in [0.717, 1.165) is 30.4 Å². The molecule has 314 valence electrons. The van der Waals surface area contributed by atoms with Crippen molar-refractivity contribution in [3.63, 3.8) is 0 Å². The third kappa shape index (κ3) is 11.1. The van der Waals surface area contributed by atoms with E-state index in [9.17, 15) is 19.8 Å². The van der Waals surface area contributed by atoms with Crippen LogP contribution in [0.3, 0.4) is 0 Å². The molecule has 0 bridgehead atoms. The van der Waals surface area contributed by atoms with E-state index in [0.29, 0.717) is 59.2 Å². The van der Waals surface area contributed by atoms with Gasteiger partial charge in [0.2, 0.25) is 11.9 Å². The minimum absolute atomic E-state index is 0.00944. The molecular formula is C42H57FN8O7. The van der Waals surface area contributed by atoms with Gasteiger partial charge in [-0.1, -0.05) is 51.0 Å². The van der Waals surface area contributed by atoms with E-state index in [1.54, 1.807) is 37.3 Å².